The Bertz CT molecular complexity index is 444. The van der Waals surface area contributed by atoms with Gasteiger partial charge in [0.05, 0.1) is 5.92 Å². The third kappa shape index (κ3) is 3.22. The summed E-state index contributed by atoms with van der Waals surface area (Å²) in [5.41, 5.74) is 0.746. The van der Waals surface area contributed by atoms with Crippen LogP contribution in [0.3, 0.4) is 0 Å². The van der Waals surface area contributed by atoms with E-state index in [1.165, 1.54) is 0 Å². The average molecular weight is 245 g/mol. The highest BCUT2D eigenvalue weighted by Gasteiger charge is 2.22. The van der Waals surface area contributed by atoms with Crippen LogP contribution in [0.2, 0.25) is 0 Å². The summed E-state index contributed by atoms with van der Waals surface area (Å²) >= 11 is 0. The van der Waals surface area contributed by atoms with Crippen LogP contribution in [-0.4, -0.2) is 25.6 Å². The van der Waals surface area contributed by atoms with E-state index in [-0.39, 0.29) is 18.4 Å². The van der Waals surface area contributed by atoms with E-state index in [1.54, 1.807) is 24.3 Å². The summed E-state index contributed by atoms with van der Waals surface area (Å²) in [6, 6.07) is 8.91. The molecule has 1 atom stereocenters. The van der Waals surface area contributed by atoms with Crippen LogP contribution < -0.4 is 15.4 Å². The summed E-state index contributed by atoms with van der Waals surface area (Å²) in [6.45, 7) is 1.67. The molecule has 0 radical (unpaired) electrons. The molecule has 5 nitrogen and oxygen atoms in total. The average Bonchev–Trinajstić information content (AvgIpc) is 2.92. The number of benzene rings is 1. The van der Waals surface area contributed by atoms with E-state index >= 15 is 0 Å². The van der Waals surface area contributed by atoms with Crippen LogP contribution in [-0.2, 0) is 4.79 Å². The van der Waals surface area contributed by atoms with Crippen LogP contribution in [0, 0.1) is 17.2 Å². The van der Waals surface area contributed by atoms with Gasteiger partial charge >= 0.3 is 0 Å². The van der Waals surface area contributed by atoms with Crippen LogP contribution in [0.4, 0.5) is 5.69 Å². The molecule has 0 saturated carbocycles. The molecule has 0 bridgehead atoms. The molecular weight excluding hydrogens is 230 g/mol. The van der Waals surface area contributed by atoms with Crippen molar-refractivity contribution in [3.05, 3.63) is 24.3 Å². The van der Waals surface area contributed by atoms with E-state index in [0.717, 1.165) is 25.2 Å². The number of carbonyl (C=O) groups is 1. The Morgan fingerprint density at radius 1 is 1.50 bits per heavy atom. The number of ether oxygens (including phenoxy) is 1. The number of rotatable bonds is 4. The van der Waals surface area contributed by atoms with Crippen molar-refractivity contribution in [2.75, 3.05) is 25.0 Å². The van der Waals surface area contributed by atoms with Gasteiger partial charge in [-0.3, -0.25) is 4.79 Å². The van der Waals surface area contributed by atoms with Crippen molar-refractivity contribution in [1.29, 1.82) is 5.26 Å². The molecule has 18 heavy (non-hydrogen) atoms. The zero-order valence-electron chi connectivity index (χ0n) is 9.98. The van der Waals surface area contributed by atoms with E-state index in [1.807, 2.05) is 6.07 Å². The Hall–Kier alpha value is -2.06. The Morgan fingerprint density at radius 3 is 2.89 bits per heavy atom. The van der Waals surface area contributed by atoms with Crippen LogP contribution >= 0.6 is 0 Å². The molecule has 1 aromatic carbocycles. The number of carbonyl (C=O) groups excluding carboxylic acids is 1. The first-order valence-corrected chi connectivity index (χ1v) is 5.91. The number of amides is 1. The molecule has 1 amide bonds. The quantitative estimate of drug-likeness (QED) is 0.834. The molecule has 0 aliphatic carbocycles. The van der Waals surface area contributed by atoms with Crippen molar-refractivity contribution < 1.29 is 9.53 Å². The second-order valence-corrected chi connectivity index (χ2v) is 4.15. The number of nitriles is 1. The van der Waals surface area contributed by atoms with Gasteiger partial charge in [-0.2, -0.15) is 5.26 Å². The predicted octanol–water partition coefficient (Wildman–Crippen LogP) is 1.14. The first-order valence-electron chi connectivity index (χ1n) is 5.91. The molecule has 94 valence electrons. The van der Waals surface area contributed by atoms with Gasteiger partial charge in [-0.15, -0.1) is 0 Å². The van der Waals surface area contributed by atoms with Crippen molar-refractivity contribution >= 4 is 11.6 Å². The summed E-state index contributed by atoms with van der Waals surface area (Å²) in [5, 5.41) is 14.4. The zero-order chi connectivity index (χ0) is 12.8. The van der Waals surface area contributed by atoms with Gasteiger partial charge in [0.15, 0.2) is 6.61 Å². The topological polar surface area (TPSA) is 74.1 Å². The molecule has 1 saturated heterocycles. The lowest BCUT2D eigenvalue weighted by Crippen LogP contribution is -2.24. The fraction of sp³-hybridized carbons (Fsp3) is 0.385. The lowest BCUT2D eigenvalue weighted by molar-refractivity contribution is -0.119. The lowest BCUT2D eigenvalue weighted by Gasteiger charge is -2.10. The molecule has 1 fully saturated rings. The summed E-state index contributed by atoms with van der Waals surface area (Å²) in [6.07, 6.45) is 0.884. The minimum Gasteiger partial charge on any atom is -0.479 e. The van der Waals surface area contributed by atoms with Gasteiger partial charge in [0.1, 0.15) is 11.8 Å². The molecule has 0 aromatic heterocycles. The first-order chi connectivity index (χ1) is 8.79. The number of nitrogens with zero attached hydrogens (tertiary/aromatic N) is 1. The summed E-state index contributed by atoms with van der Waals surface area (Å²) in [5.74, 6) is 0.724. The van der Waals surface area contributed by atoms with Crippen molar-refractivity contribution in [3.8, 4) is 11.8 Å². The Labute approximate surface area is 106 Å². The Balaban J connectivity index is 1.89. The second kappa shape index (κ2) is 6.03. The lowest BCUT2D eigenvalue weighted by atomic mass is 10.1. The van der Waals surface area contributed by atoms with E-state index in [4.69, 9.17) is 10.00 Å². The maximum atomic E-state index is 11.8. The highest BCUT2D eigenvalue weighted by atomic mass is 16.5. The highest BCUT2D eigenvalue weighted by Crippen LogP contribution is 2.17. The molecular formula is C13H15N3O2. The highest BCUT2D eigenvalue weighted by molar-refractivity contribution is 5.92. The van der Waals surface area contributed by atoms with E-state index in [0.29, 0.717) is 5.75 Å². The molecule has 2 rings (SSSR count). The third-order valence-corrected chi connectivity index (χ3v) is 2.86. The molecule has 0 spiro atoms. The van der Waals surface area contributed by atoms with Crippen LogP contribution in [0.25, 0.3) is 0 Å². The second-order valence-electron chi connectivity index (χ2n) is 4.15. The van der Waals surface area contributed by atoms with Crippen molar-refractivity contribution in [2.24, 2.45) is 5.92 Å². The zero-order valence-corrected chi connectivity index (χ0v) is 9.98. The molecule has 1 heterocycles. The Morgan fingerprint density at radius 2 is 2.28 bits per heavy atom. The minimum absolute atomic E-state index is 0.0272. The smallest absolute Gasteiger partial charge is 0.228 e. The number of anilines is 1. The monoisotopic (exact) mass is 245 g/mol. The SMILES string of the molecule is N#CCOc1ccc(NC(=O)C2CCNC2)cc1. The van der Waals surface area contributed by atoms with Crippen molar-refractivity contribution in [1.82, 2.24) is 5.32 Å². The molecule has 1 unspecified atom stereocenters. The molecule has 1 aliphatic rings. The summed E-state index contributed by atoms with van der Waals surface area (Å²) < 4.78 is 5.13. The van der Waals surface area contributed by atoms with E-state index in [9.17, 15) is 4.79 Å². The largest absolute Gasteiger partial charge is 0.479 e. The number of nitrogens with one attached hydrogen (secondary N) is 2. The number of hydrogen-bond acceptors (Lipinski definition) is 4. The summed E-state index contributed by atoms with van der Waals surface area (Å²) in [7, 11) is 0. The number of hydrogen-bond donors (Lipinski definition) is 2. The standard InChI is InChI=1S/C13H15N3O2/c14-6-8-18-12-3-1-11(2-4-12)16-13(17)10-5-7-15-9-10/h1-4,10,15H,5,7-9H2,(H,16,17). The first kappa shape index (κ1) is 12.4. The normalized spacial score (nSPS) is 18.1. The van der Waals surface area contributed by atoms with Crippen molar-refractivity contribution in [2.45, 2.75) is 6.42 Å². The minimum atomic E-state index is 0.0272. The van der Waals surface area contributed by atoms with E-state index < -0.39 is 0 Å². The third-order valence-electron chi connectivity index (χ3n) is 2.86. The van der Waals surface area contributed by atoms with Crippen LogP contribution in [0.1, 0.15) is 6.42 Å². The van der Waals surface area contributed by atoms with Gasteiger partial charge in [0, 0.05) is 12.2 Å². The van der Waals surface area contributed by atoms with Gasteiger partial charge < -0.3 is 15.4 Å². The summed E-state index contributed by atoms with van der Waals surface area (Å²) in [4.78, 5) is 11.8. The van der Waals surface area contributed by atoms with Gasteiger partial charge in [-0.05, 0) is 37.2 Å². The van der Waals surface area contributed by atoms with Gasteiger partial charge in [-0.1, -0.05) is 0 Å². The fourth-order valence-electron chi connectivity index (χ4n) is 1.87. The van der Waals surface area contributed by atoms with Gasteiger partial charge in [0.2, 0.25) is 5.91 Å². The fourth-order valence-corrected chi connectivity index (χ4v) is 1.87. The molecule has 1 aliphatic heterocycles. The molecule has 2 N–H and O–H groups in total. The maximum absolute atomic E-state index is 11.8. The maximum Gasteiger partial charge on any atom is 0.228 e. The van der Waals surface area contributed by atoms with Gasteiger partial charge in [-0.25, -0.2) is 0 Å². The molecule has 1 aromatic rings. The predicted molar refractivity (Wildman–Crippen MR) is 67.2 cm³/mol. The van der Waals surface area contributed by atoms with Crippen LogP contribution in [0.5, 0.6) is 5.75 Å². The van der Waals surface area contributed by atoms with Crippen LogP contribution in [0.15, 0.2) is 24.3 Å². The van der Waals surface area contributed by atoms with E-state index in [2.05, 4.69) is 10.6 Å². The molecule has 5 heteroatoms. The Kier molecular flexibility index (Phi) is 4.15. The van der Waals surface area contributed by atoms with Crippen molar-refractivity contribution in [3.63, 3.8) is 0 Å². The van der Waals surface area contributed by atoms with Gasteiger partial charge in [0.25, 0.3) is 0 Å².